The van der Waals surface area contributed by atoms with Crippen LogP contribution in [0.1, 0.15) is 36.1 Å². The van der Waals surface area contributed by atoms with E-state index in [2.05, 4.69) is 0 Å². The molecule has 0 saturated carbocycles. The van der Waals surface area contributed by atoms with E-state index in [0.717, 1.165) is 11.1 Å². The zero-order valence-corrected chi connectivity index (χ0v) is 11.3. The number of carboxylic acid groups (broad SMARTS) is 1. The molecule has 0 fully saturated rings. The lowest BCUT2D eigenvalue weighted by Gasteiger charge is -2.17. The van der Waals surface area contributed by atoms with Gasteiger partial charge in [-0.1, -0.05) is 24.3 Å². The molecule has 1 aromatic carbocycles. The highest BCUT2D eigenvalue weighted by Crippen LogP contribution is 2.22. The smallest absolute Gasteiger partial charge is 0.303 e. The SMILES string of the molecule is COCC(OC)c1cccc(C(N)CCC(=O)O)c1. The van der Waals surface area contributed by atoms with Crippen LogP contribution in [-0.2, 0) is 14.3 Å². The Morgan fingerprint density at radius 3 is 2.63 bits per heavy atom. The monoisotopic (exact) mass is 267 g/mol. The molecule has 0 heterocycles. The Kier molecular flexibility index (Phi) is 6.49. The Labute approximate surface area is 113 Å². The van der Waals surface area contributed by atoms with Crippen LogP contribution in [0.2, 0.25) is 0 Å². The Morgan fingerprint density at radius 1 is 1.37 bits per heavy atom. The summed E-state index contributed by atoms with van der Waals surface area (Å²) in [6, 6.07) is 7.40. The van der Waals surface area contributed by atoms with Crippen molar-refractivity contribution < 1.29 is 19.4 Å². The zero-order valence-electron chi connectivity index (χ0n) is 11.3. The molecular weight excluding hydrogens is 246 g/mol. The second kappa shape index (κ2) is 7.89. The Hall–Kier alpha value is -1.43. The first kappa shape index (κ1) is 15.6. The fraction of sp³-hybridized carbons (Fsp3) is 0.500. The van der Waals surface area contributed by atoms with Gasteiger partial charge in [0.1, 0.15) is 6.10 Å². The Bertz CT molecular complexity index is 408. The van der Waals surface area contributed by atoms with E-state index < -0.39 is 5.97 Å². The number of methoxy groups -OCH3 is 2. The van der Waals surface area contributed by atoms with Crippen LogP contribution in [-0.4, -0.2) is 31.9 Å². The third kappa shape index (κ3) is 4.98. The van der Waals surface area contributed by atoms with Crippen LogP contribution in [0.3, 0.4) is 0 Å². The summed E-state index contributed by atoms with van der Waals surface area (Å²) < 4.78 is 10.4. The van der Waals surface area contributed by atoms with E-state index in [9.17, 15) is 4.79 Å². The minimum atomic E-state index is -0.833. The molecule has 19 heavy (non-hydrogen) atoms. The third-order valence-corrected chi connectivity index (χ3v) is 2.98. The number of aliphatic carboxylic acids is 1. The van der Waals surface area contributed by atoms with Crippen molar-refractivity contribution in [1.29, 1.82) is 0 Å². The Balaban J connectivity index is 2.77. The molecule has 1 aromatic rings. The number of ether oxygens (including phenoxy) is 2. The number of hydrogen-bond donors (Lipinski definition) is 2. The fourth-order valence-electron chi connectivity index (χ4n) is 1.89. The summed E-state index contributed by atoms with van der Waals surface area (Å²) in [5.41, 5.74) is 7.89. The van der Waals surface area contributed by atoms with E-state index >= 15 is 0 Å². The number of nitrogens with two attached hydrogens (primary N) is 1. The number of hydrogen-bond acceptors (Lipinski definition) is 4. The second-order valence-electron chi connectivity index (χ2n) is 4.39. The summed E-state index contributed by atoms with van der Waals surface area (Å²) in [6.07, 6.45) is 0.342. The molecule has 0 aromatic heterocycles. The highest BCUT2D eigenvalue weighted by molar-refractivity contribution is 5.66. The van der Waals surface area contributed by atoms with Gasteiger partial charge in [0.25, 0.3) is 0 Å². The van der Waals surface area contributed by atoms with Gasteiger partial charge in [-0.25, -0.2) is 0 Å². The first-order chi connectivity index (χ1) is 9.08. The van der Waals surface area contributed by atoms with E-state index in [0.29, 0.717) is 13.0 Å². The second-order valence-corrected chi connectivity index (χ2v) is 4.39. The maximum atomic E-state index is 10.5. The maximum absolute atomic E-state index is 10.5. The van der Waals surface area contributed by atoms with Crippen LogP contribution in [0.5, 0.6) is 0 Å². The van der Waals surface area contributed by atoms with Gasteiger partial charge in [-0.2, -0.15) is 0 Å². The van der Waals surface area contributed by atoms with Crippen molar-refractivity contribution in [1.82, 2.24) is 0 Å². The molecule has 0 aliphatic heterocycles. The van der Waals surface area contributed by atoms with Crippen molar-refractivity contribution in [2.75, 3.05) is 20.8 Å². The first-order valence-corrected chi connectivity index (χ1v) is 6.17. The predicted octanol–water partition coefficient (Wildman–Crippen LogP) is 1.89. The first-order valence-electron chi connectivity index (χ1n) is 6.17. The average Bonchev–Trinajstić information content (AvgIpc) is 2.42. The van der Waals surface area contributed by atoms with E-state index in [1.54, 1.807) is 14.2 Å². The third-order valence-electron chi connectivity index (χ3n) is 2.98. The van der Waals surface area contributed by atoms with Crippen LogP contribution in [0.25, 0.3) is 0 Å². The zero-order chi connectivity index (χ0) is 14.3. The van der Waals surface area contributed by atoms with Gasteiger partial charge in [-0.15, -0.1) is 0 Å². The summed E-state index contributed by atoms with van der Waals surface area (Å²) in [7, 11) is 3.25. The van der Waals surface area contributed by atoms with E-state index in [1.807, 2.05) is 24.3 Å². The highest BCUT2D eigenvalue weighted by atomic mass is 16.5. The van der Waals surface area contributed by atoms with Crippen molar-refractivity contribution in [3.8, 4) is 0 Å². The molecule has 106 valence electrons. The van der Waals surface area contributed by atoms with Crippen molar-refractivity contribution >= 4 is 5.97 Å². The number of carbonyl (C=O) groups is 1. The van der Waals surface area contributed by atoms with Crippen molar-refractivity contribution in [3.63, 3.8) is 0 Å². The van der Waals surface area contributed by atoms with Gasteiger partial charge in [0.15, 0.2) is 0 Å². The van der Waals surface area contributed by atoms with Gasteiger partial charge in [-0.3, -0.25) is 4.79 Å². The number of rotatable bonds is 8. The molecule has 0 saturated heterocycles. The van der Waals surface area contributed by atoms with E-state index in [-0.39, 0.29) is 18.6 Å². The number of carboxylic acids is 1. The van der Waals surface area contributed by atoms with Crippen LogP contribution < -0.4 is 5.73 Å². The lowest BCUT2D eigenvalue weighted by molar-refractivity contribution is -0.137. The number of benzene rings is 1. The van der Waals surface area contributed by atoms with Crippen LogP contribution >= 0.6 is 0 Å². The summed E-state index contributed by atoms with van der Waals surface area (Å²) in [5.74, 6) is -0.833. The van der Waals surface area contributed by atoms with Crippen molar-refractivity contribution in [2.45, 2.75) is 25.0 Å². The summed E-state index contributed by atoms with van der Waals surface area (Å²) in [5, 5.41) is 8.67. The largest absolute Gasteiger partial charge is 0.481 e. The molecule has 3 N–H and O–H groups in total. The molecule has 0 amide bonds. The standard InChI is InChI=1S/C14H21NO4/c1-18-9-13(19-2)11-5-3-4-10(8-11)12(15)6-7-14(16)17/h3-5,8,12-13H,6-7,9,15H2,1-2H3,(H,16,17). The minimum absolute atomic E-state index is 0.0666. The quantitative estimate of drug-likeness (QED) is 0.751. The molecule has 0 aliphatic rings. The average molecular weight is 267 g/mol. The van der Waals surface area contributed by atoms with Crippen molar-refractivity contribution in [3.05, 3.63) is 35.4 Å². The van der Waals surface area contributed by atoms with Crippen LogP contribution in [0.15, 0.2) is 24.3 Å². The lowest BCUT2D eigenvalue weighted by Crippen LogP contribution is -2.14. The topological polar surface area (TPSA) is 81.8 Å². The minimum Gasteiger partial charge on any atom is -0.481 e. The van der Waals surface area contributed by atoms with E-state index in [4.69, 9.17) is 20.3 Å². The molecule has 5 nitrogen and oxygen atoms in total. The molecule has 2 unspecified atom stereocenters. The molecule has 1 rings (SSSR count). The predicted molar refractivity (Wildman–Crippen MR) is 71.9 cm³/mol. The normalized spacial score (nSPS) is 14.1. The molecule has 0 bridgehead atoms. The van der Waals surface area contributed by atoms with Crippen LogP contribution in [0.4, 0.5) is 0 Å². The maximum Gasteiger partial charge on any atom is 0.303 e. The van der Waals surface area contributed by atoms with Crippen molar-refractivity contribution in [2.24, 2.45) is 5.73 Å². The van der Waals surface area contributed by atoms with Gasteiger partial charge in [0, 0.05) is 26.7 Å². The molecular formula is C14H21NO4. The van der Waals surface area contributed by atoms with Crippen LogP contribution in [0, 0.1) is 0 Å². The van der Waals surface area contributed by atoms with E-state index in [1.165, 1.54) is 0 Å². The summed E-state index contributed by atoms with van der Waals surface area (Å²) >= 11 is 0. The van der Waals surface area contributed by atoms with Gasteiger partial charge in [0.2, 0.25) is 0 Å². The molecule has 0 radical (unpaired) electrons. The fourth-order valence-corrected chi connectivity index (χ4v) is 1.89. The molecule has 5 heteroatoms. The summed E-state index contributed by atoms with van der Waals surface area (Å²) in [6.45, 7) is 0.463. The highest BCUT2D eigenvalue weighted by Gasteiger charge is 2.13. The molecule has 2 atom stereocenters. The molecule has 0 spiro atoms. The van der Waals surface area contributed by atoms with Gasteiger partial charge in [-0.05, 0) is 17.5 Å². The lowest BCUT2D eigenvalue weighted by atomic mass is 9.99. The Morgan fingerprint density at radius 2 is 2.05 bits per heavy atom. The molecule has 0 aliphatic carbocycles. The van der Waals surface area contributed by atoms with Gasteiger partial charge < -0.3 is 20.3 Å². The van der Waals surface area contributed by atoms with Gasteiger partial charge >= 0.3 is 5.97 Å². The van der Waals surface area contributed by atoms with Gasteiger partial charge in [0.05, 0.1) is 6.61 Å². The summed E-state index contributed by atoms with van der Waals surface area (Å²) in [4.78, 5) is 10.5.